The molecule has 17 heteroatoms. The molecular formula is C48H61ClN10O6. The maximum Gasteiger partial charge on any atom is 0.255 e. The van der Waals surface area contributed by atoms with E-state index in [0.29, 0.717) is 54.3 Å². The standard InChI is InChI=1S/C30H37N5O6.C18H24ClN5/c31-26(36)8-3-1-2-4-15-32-17-28(38)33-16-20-9-11-21(12-10-20)19-41-25-7-5-6-22-23(25)18-35(30(22)40)24-13-14-27(37)34-29(24)39;1-24-16(9-12-7-8-12)14(10-21-24)17-15(19)11-20-18(23-17)22-13-5-3-2-4-6-13/h5-7,9-12,24,32H,1-4,8,13-19H2,(H2,31,36)(H,33,38)(H,34,37,39);10-13H,2-9H2,1H3,(H,20,22,23). The first kappa shape index (κ1) is 47.1. The van der Waals surface area contributed by atoms with Gasteiger partial charge in [0.1, 0.15) is 18.4 Å². The van der Waals surface area contributed by atoms with Gasteiger partial charge in [0.05, 0.1) is 36.2 Å². The lowest BCUT2D eigenvalue weighted by atomic mass is 9.96. The predicted molar refractivity (Wildman–Crippen MR) is 246 cm³/mol. The van der Waals surface area contributed by atoms with E-state index in [9.17, 15) is 24.0 Å². The number of hydrogen-bond donors (Lipinski definition) is 5. The van der Waals surface area contributed by atoms with Crippen molar-refractivity contribution in [2.75, 3.05) is 18.4 Å². The van der Waals surface area contributed by atoms with Crippen molar-refractivity contribution < 1.29 is 28.7 Å². The topological polar surface area (TPSA) is 216 Å². The number of nitrogens with zero attached hydrogens (tertiary/aromatic N) is 5. The molecule has 1 unspecified atom stereocenters. The highest BCUT2D eigenvalue weighted by Crippen LogP contribution is 2.37. The van der Waals surface area contributed by atoms with Gasteiger partial charge in [-0.25, -0.2) is 9.97 Å². The third kappa shape index (κ3) is 13.3. The number of nitrogens with two attached hydrogens (primary N) is 1. The summed E-state index contributed by atoms with van der Waals surface area (Å²) in [6, 6.07) is 12.8. The summed E-state index contributed by atoms with van der Waals surface area (Å²) in [6.45, 7) is 1.95. The molecule has 2 aliphatic heterocycles. The first-order valence-corrected chi connectivity index (χ1v) is 23.4. The first-order chi connectivity index (χ1) is 31.5. The van der Waals surface area contributed by atoms with Crippen molar-refractivity contribution in [2.24, 2.45) is 18.7 Å². The first-order valence-electron chi connectivity index (χ1n) is 23.1. The summed E-state index contributed by atoms with van der Waals surface area (Å²) in [6.07, 6.45) is 18.2. The molecule has 4 aliphatic rings. The molecule has 2 aromatic heterocycles. The summed E-state index contributed by atoms with van der Waals surface area (Å²) in [7, 11) is 2.00. The maximum absolute atomic E-state index is 13.0. The van der Waals surface area contributed by atoms with E-state index in [-0.39, 0.29) is 43.1 Å². The Balaban J connectivity index is 0.000000221. The Bertz CT molecular complexity index is 2310. The van der Waals surface area contributed by atoms with Gasteiger partial charge in [-0.15, -0.1) is 0 Å². The minimum Gasteiger partial charge on any atom is -0.489 e. The third-order valence-electron chi connectivity index (χ3n) is 12.4. The number of ether oxygens (including phenoxy) is 1. The zero-order valence-electron chi connectivity index (χ0n) is 37.2. The summed E-state index contributed by atoms with van der Waals surface area (Å²) >= 11 is 6.42. The van der Waals surface area contributed by atoms with Crippen LogP contribution in [0.3, 0.4) is 0 Å². The van der Waals surface area contributed by atoms with Crippen LogP contribution >= 0.6 is 11.6 Å². The summed E-state index contributed by atoms with van der Waals surface area (Å²) in [4.78, 5) is 70.3. The normalized spacial score (nSPS) is 17.2. The molecule has 346 valence electrons. The number of nitrogens with one attached hydrogen (secondary N) is 4. The van der Waals surface area contributed by atoms with Crippen molar-refractivity contribution in [3.63, 3.8) is 0 Å². The van der Waals surface area contributed by atoms with Crippen molar-refractivity contribution in [3.8, 4) is 17.0 Å². The highest BCUT2D eigenvalue weighted by atomic mass is 35.5. The number of piperidine rings is 1. The fourth-order valence-corrected chi connectivity index (χ4v) is 8.72. The number of aromatic nitrogens is 4. The Morgan fingerprint density at radius 1 is 0.923 bits per heavy atom. The Labute approximate surface area is 385 Å². The molecule has 0 radical (unpaired) electrons. The van der Waals surface area contributed by atoms with Crippen LogP contribution in [0.2, 0.25) is 5.02 Å². The van der Waals surface area contributed by atoms with E-state index in [4.69, 9.17) is 27.1 Å². The fourth-order valence-electron chi connectivity index (χ4n) is 8.53. The van der Waals surface area contributed by atoms with Crippen molar-refractivity contribution in [3.05, 3.63) is 87.8 Å². The van der Waals surface area contributed by atoms with Gasteiger partial charge in [0.25, 0.3) is 5.91 Å². The molecule has 4 heterocycles. The van der Waals surface area contributed by atoms with Gasteiger partial charge in [-0.1, -0.05) is 74.0 Å². The van der Waals surface area contributed by atoms with Gasteiger partial charge in [-0.2, -0.15) is 5.10 Å². The van der Waals surface area contributed by atoms with Gasteiger partial charge in [0.15, 0.2) is 0 Å². The molecule has 0 spiro atoms. The molecule has 1 saturated heterocycles. The average molecular weight is 910 g/mol. The molecule has 2 aliphatic carbocycles. The number of amides is 5. The van der Waals surface area contributed by atoms with E-state index in [0.717, 1.165) is 72.5 Å². The molecule has 3 fully saturated rings. The molecule has 5 amide bonds. The summed E-state index contributed by atoms with van der Waals surface area (Å²) in [5, 5.41) is 16.9. The van der Waals surface area contributed by atoms with Gasteiger partial charge < -0.3 is 31.3 Å². The lowest BCUT2D eigenvalue weighted by Crippen LogP contribution is -2.52. The number of unbranched alkanes of at least 4 members (excludes halogenated alkanes) is 3. The molecule has 8 rings (SSSR count). The number of hydrogen-bond acceptors (Lipinski definition) is 11. The molecule has 2 aromatic carbocycles. The summed E-state index contributed by atoms with van der Waals surface area (Å²) in [5.41, 5.74) is 11.3. The SMILES string of the molecule is Cn1ncc(-c2nc(NC3CCCCC3)ncc2Cl)c1CC1CC1.NC(=O)CCCCCCNCC(=O)NCc1ccc(COc2cccc3c2CN(C2CCC(=O)NC2=O)C3=O)cc1. The largest absolute Gasteiger partial charge is 0.489 e. The van der Waals surface area contributed by atoms with Crippen LogP contribution in [-0.2, 0) is 52.3 Å². The Kier molecular flexibility index (Phi) is 16.6. The molecule has 6 N–H and O–H groups in total. The molecule has 0 bridgehead atoms. The number of imide groups is 1. The average Bonchev–Trinajstić information content (AvgIpc) is 3.97. The van der Waals surface area contributed by atoms with Crippen LogP contribution in [0.15, 0.2) is 54.9 Å². The van der Waals surface area contributed by atoms with Crippen LogP contribution in [0.5, 0.6) is 5.75 Å². The van der Waals surface area contributed by atoms with E-state index >= 15 is 0 Å². The highest BCUT2D eigenvalue weighted by molar-refractivity contribution is 6.33. The molecule has 2 saturated carbocycles. The number of benzene rings is 2. The minimum atomic E-state index is -0.671. The highest BCUT2D eigenvalue weighted by Gasteiger charge is 2.40. The maximum atomic E-state index is 13.0. The lowest BCUT2D eigenvalue weighted by molar-refractivity contribution is -0.137. The summed E-state index contributed by atoms with van der Waals surface area (Å²) < 4.78 is 8.02. The number of rotatable bonds is 20. The van der Waals surface area contributed by atoms with Crippen LogP contribution in [0.25, 0.3) is 11.3 Å². The smallest absolute Gasteiger partial charge is 0.255 e. The Morgan fingerprint density at radius 2 is 1.69 bits per heavy atom. The Hall–Kier alpha value is -5.87. The van der Waals surface area contributed by atoms with Crippen LogP contribution in [0, 0.1) is 5.92 Å². The van der Waals surface area contributed by atoms with Crippen LogP contribution in [0.1, 0.15) is 123 Å². The molecule has 16 nitrogen and oxygen atoms in total. The second-order valence-electron chi connectivity index (χ2n) is 17.5. The van der Waals surface area contributed by atoms with E-state index in [2.05, 4.69) is 31.3 Å². The second-order valence-corrected chi connectivity index (χ2v) is 17.9. The number of halogens is 1. The summed E-state index contributed by atoms with van der Waals surface area (Å²) in [5.74, 6) is 0.717. The number of carbonyl (C=O) groups excluding carboxylic acids is 5. The molecule has 65 heavy (non-hydrogen) atoms. The van der Waals surface area contributed by atoms with Crippen LogP contribution in [-0.4, -0.2) is 79.4 Å². The van der Waals surface area contributed by atoms with Crippen molar-refractivity contribution in [1.82, 2.24) is 40.6 Å². The molecular weight excluding hydrogens is 848 g/mol. The van der Waals surface area contributed by atoms with Gasteiger partial charge in [-0.05, 0) is 87.1 Å². The van der Waals surface area contributed by atoms with Crippen molar-refractivity contribution in [2.45, 2.75) is 128 Å². The fraction of sp³-hybridized carbons (Fsp3) is 0.500. The third-order valence-corrected chi connectivity index (χ3v) is 12.7. The number of carbonyl (C=O) groups is 5. The number of anilines is 1. The van der Waals surface area contributed by atoms with E-state index < -0.39 is 11.9 Å². The van der Waals surface area contributed by atoms with Gasteiger partial charge in [-0.3, -0.25) is 34.0 Å². The van der Waals surface area contributed by atoms with Crippen LogP contribution in [0.4, 0.5) is 5.95 Å². The minimum absolute atomic E-state index is 0.0787. The number of aryl methyl sites for hydroxylation is 1. The molecule has 1 atom stereocenters. The predicted octanol–water partition coefficient (Wildman–Crippen LogP) is 5.90. The Morgan fingerprint density at radius 3 is 2.45 bits per heavy atom. The van der Waals surface area contributed by atoms with Gasteiger partial charge in [0.2, 0.25) is 29.6 Å². The lowest BCUT2D eigenvalue weighted by Gasteiger charge is -2.29. The number of primary amides is 1. The zero-order valence-corrected chi connectivity index (χ0v) is 38.0. The van der Waals surface area contributed by atoms with Gasteiger partial charge in [0, 0.05) is 54.9 Å². The van der Waals surface area contributed by atoms with E-state index in [1.54, 1.807) is 18.3 Å². The second kappa shape index (κ2) is 22.8. The van der Waals surface area contributed by atoms with Crippen LogP contribution < -0.4 is 31.7 Å². The monoisotopic (exact) mass is 908 g/mol. The van der Waals surface area contributed by atoms with Crippen molar-refractivity contribution in [1.29, 1.82) is 0 Å². The quantitative estimate of drug-likeness (QED) is 0.0520. The number of fused-ring (bicyclic) bond motifs is 1. The van der Waals surface area contributed by atoms with Crippen molar-refractivity contribution >= 4 is 47.1 Å². The van der Waals surface area contributed by atoms with Gasteiger partial charge >= 0.3 is 0 Å². The zero-order chi connectivity index (χ0) is 45.7. The van der Waals surface area contributed by atoms with E-state index in [1.807, 2.05) is 48.3 Å². The van der Waals surface area contributed by atoms with E-state index in [1.165, 1.54) is 55.5 Å². The molecule has 4 aromatic rings.